The number of aromatic nitrogens is 2. The zero-order valence-electron chi connectivity index (χ0n) is 16.5. The topological polar surface area (TPSA) is 184 Å². The molecule has 0 radical (unpaired) electrons. The Morgan fingerprint density at radius 1 is 1.29 bits per heavy atom. The lowest BCUT2D eigenvalue weighted by molar-refractivity contribution is 0.0689. The standard InChI is InChI=1S/C19H20N6O5S/c1-25(18(21)30)16(27)13-8-31-19(23-13)24-15(26)9-4-5-12-11(7-9)10(3-2-6-20)14(22-12)17(28)29/h4-5,7-8,22H,2-3,6,20H2,1H3,(H2,21,30)(H,28,29)(H,23,24,26). The number of nitrogens with zero attached hydrogens (tertiary/aromatic N) is 2. The molecule has 0 atom stereocenters. The summed E-state index contributed by atoms with van der Waals surface area (Å²) < 4.78 is 0. The summed E-state index contributed by atoms with van der Waals surface area (Å²) in [5, 5.41) is 14.2. The summed E-state index contributed by atoms with van der Waals surface area (Å²) in [7, 11) is 1.22. The quantitative estimate of drug-likeness (QED) is 0.366. The van der Waals surface area contributed by atoms with Gasteiger partial charge in [-0.2, -0.15) is 0 Å². The lowest BCUT2D eigenvalue weighted by Crippen LogP contribution is -2.37. The lowest BCUT2D eigenvalue weighted by Gasteiger charge is -2.09. The first-order chi connectivity index (χ1) is 14.7. The van der Waals surface area contributed by atoms with Crippen molar-refractivity contribution in [1.29, 1.82) is 0 Å². The van der Waals surface area contributed by atoms with Crippen LogP contribution in [-0.2, 0) is 6.42 Å². The van der Waals surface area contributed by atoms with Gasteiger partial charge in [0.05, 0.1) is 0 Å². The molecule has 12 heteroatoms. The van der Waals surface area contributed by atoms with Crippen molar-refractivity contribution >= 4 is 51.2 Å². The summed E-state index contributed by atoms with van der Waals surface area (Å²) in [6, 6.07) is 3.85. The molecule has 2 heterocycles. The van der Waals surface area contributed by atoms with E-state index >= 15 is 0 Å². The second kappa shape index (κ2) is 8.93. The Bertz CT molecular complexity index is 1180. The SMILES string of the molecule is CN(C(N)=O)C(=O)c1csc(NC(=O)c2ccc3[nH]c(C(=O)O)c(CCCN)c3c2)n1. The minimum Gasteiger partial charge on any atom is -0.477 e. The van der Waals surface area contributed by atoms with E-state index in [1.807, 2.05) is 0 Å². The number of nitrogens with two attached hydrogens (primary N) is 2. The van der Waals surface area contributed by atoms with Gasteiger partial charge in [-0.1, -0.05) is 0 Å². The number of hydrogen-bond acceptors (Lipinski definition) is 7. The van der Waals surface area contributed by atoms with Crippen molar-refractivity contribution < 1.29 is 24.3 Å². The number of H-pyrrole nitrogens is 1. The van der Waals surface area contributed by atoms with Gasteiger partial charge in [0.15, 0.2) is 5.13 Å². The van der Waals surface area contributed by atoms with Crippen molar-refractivity contribution in [2.24, 2.45) is 11.5 Å². The summed E-state index contributed by atoms with van der Waals surface area (Å²) in [6.45, 7) is 0.405. The molecule has 2 aromatic heterocycles. The Balaban J connectivity index is 1.85. The number of carbonyl (C=O) groups excluding carboxylic acids is 3. The van der Waals surface area contributed by atoms with Crippen LogP contribution >= 0.6 is 11.3 Å². The third kappa shape index (κ3) is 4.54. The van der Waals surface area contributed by atoms with Crippen LogP contribution in [0.4, 0.5) is 9.93 Å². The average Bonchev–Trinajstić information content (AvgIpc) is 3.35. The zero-order chi connectivity index (χ0) is 22.7. The number of aromatic amines is 1. The molecule has 3 aromatic rings. The van der Waals surface area contributed by atoms with E-state index in [-0.39, 0.29) is 22.1 Å². The molecule has 0 saturated carbocycles. The van der Waals surface area contributed by atoms with Gasteiger partial charge in [-0.15, -0.1) is 11.3 Å². The molecular formula is C19H20N6O5S. The van der Waals surface area contributed by atoms with Gasteiger partial charge in [0.1, 0.15) is 11.4 Å². The van der Waals surface area contributed by atoms with E-state index in [0.717, 1.165) is 11.3 Å². The highest BCUT2D eigenvalue weighted by Crippen LogP contribution is 2.26. The second-order valence-corrected chi connectivity index (χ2v) is 7.49. The lowest BCUT2D eigenvalue weighted by atomic mass is 10.0. The number of nitrogens with one attached hydrogen (secondary N) is 2. The maximum atomic E-state index is 12.7. The number of hydrogen-bond donors (Lipinski definition) is 5. The van der Waals surface area contributed by atoms with Gasteiger partial charge in [0.2, 0.25) is 0 Å². The number of carbonyl (C=O) groups is 4. The first-order valence-corrected chi connectivity index (χ1v) is 10.0. The number of aryl methyl sites for hydroxylation is 1. The molecule has 0 unspecified atom stereocenters. The molecule has 0 spiro atoms. The summed E-state index contributed by atoms with van der Waals surface area (Å²) in [4.78, 5) is 55.0. The highest BCUT2D eigenvalue weighted by atomic mass is 32.1. The number of primary amides is 1. The van der Waals surface area contributed by atoms with Crippen LogP contribution in [0, 0.1) is 0 Å². The smallest absolute Gasteiger partial charge is 0.352 e. The maximum Gasteiger partial charge on any atom is 0.352 e. The summed E-state index contributed by atoms with van der Waals surface area (Å²) in [5.74, 6) is -2.26. The van der Waals surface area contributed by atoms with Crippen molar-refractivity contribution in [3.8, 4) is 0 Å². The number of thiazole rings is 1. The number of benzene rings is 1. The van der Waals surface area contributed by atoms with E-state index < -0.39 is 23.8 Å². The molecule has 0 bridgehead atoms. The van der Waals surface area contributed by atoms with Crippen LogP contribution < -0.4 is 16.8 Å². The molecular weight excluding hydrogens is 424 g/mol. The van der Waals surface area contributed by atoms with Gasteiger partial charge >= 0.3 is 12.0 Å². The summed E-state index contributed by atoms with van der Waals surface area (Å²) in [6.07, 6.45) is 1.05. The van der Waals surface area contributed by atoms with Gasteiger partial charge in [0.25, 0.3) is 11.8 Å². The van der Waals surface area contributed by atoms with E-state index in [4.69, 9.17) is 11.5 Å². The largest absolute Gasteiger partial charge is 0.477 e. The molecule has 0 aliphatic carbocycles. The predicted molar refractivity (Wildman–Crippen MR) is 114 cm³/mol. The number of amides is 4. The molecule has 7 N–H and O–H groups in total. The fourth-order valence-corrected chi connectivity index (χ4v) is 3.66. The molecule has 4 amide bonds. The van der Waals surface area contributed by atoms with Crippen molar-refractivity contribution in [3.63, 3.8) is 0 Å². The predicted octanol–water partition coefficient (Wildman–Crippen LogP) is 1.62. The number of fused-ring (bicyclic) bond motifs is 1. The number of urea groups is 1. The molecule has 0 saturated heterocycles. The van der Waals surface area contributed by atoms with Crippen molar-refractivity contribution in [2.75, 3.05) is 18.9 Å². The third-order valence-electron chi connectivity index (χ3n) is 4.59. The first kappa shape index (κ1) is 21.9. The minimum absolute atomic E-state index is 0.0298. The van der Waals surface area contributed by atoms with Gasteiger partial charge < -0.3 is 21.6 Å². The number of carboxylic acid groups (broad SMARTS) is 1. The number of imide groups is 1. The van der Waals surface area contributed by atoms with Gasteiger partial charge in [-0.25, -0.2) is 14.6 Å². The van der Waals surface area contributed by atoms with Crippen molar-refractivity contribution in [1.82, 2.24) is 14.9 Å². The van der Waals surface area contributed by atoms with Crippen molar-refractivity contribution in [3.05, 3.63) is 46.1 Å². The highest BCUT2D eigenvalue weighted by molar-refractivity contribution is 7.14. The highest BCUT2D eigenvalue weighted by Gasteiger charge is 2.21. The summed E-state index contributed by atoms with van der Waals surface area (Å²) in [5.41, 5.74) is 12.1. The molecule has 0 fully saturated rings. The maximum absolute atomic E-state index is 12.7. The third-order valence-corrected chi connectivity index (χ3v) is 5.35. The molecule has 11 nitrogen and oxygen atoms in total. The number of aromatic carboxylic acids is 1. The molecule has 0 aliphatic rings. The van der Waals surface area contributed by atoms with Crippen LogP contribution in [0.5, 0.6) is 0 Å². The van der Waals surface area contributed by atoms with Crippen LogP contribution in [0.1, 0.15) is 43.3 Å². The Morgan fingerprint density at radius 2 is 2.03 bits per heavy atom. The van der Waals surface area contributed by atoms with E-state index in [9.17, 15) is 24.3 Å². The Morgan fingerprint density at radius 3 is 2.68 bits per heavy atom. The number of carboxylic acids is 1. The Kier molecular flexibility index (Phi) is 6.32. The van der Waals surface area contributed by atoms with Gasteiger partial charge in [0, 0.05) is 28.9 Å². The molecule has 1 aromatic carbocycles. The fourth-order valence-electron chi connectivity index (χ4n) is 2.98. The van der Waals surface area contributed by atoms with E-state index in [1.54, 1.807) is 18.2 Å². The van der Waals surface area contributed by atoms with Crippen LogP contribution in [0.25, 0.3) is 10.9 Å². The molecule has 31 heavy (non-hydrogen) atoms. The summed E-state index contributed by atoms with van der Waals surface area (Å²) >= 11 is 1.02. The second-order valence-electron chi connectivity index (χ2n) is 6.63. The monoisotopic (exact) mass is 444 g/mol. The Labute approximate surface area is 180 Å². The van der Waals surface area contributed by atoms with Gasteiger partial charge in [-0.05, 0) is 43.1 Å². The average molecular weight is 444 g/mol. The van der Waals surface area contributed by atoms with E-state index in [1.165, 1.54) is 12.4 Å². The van der Waals surface area contributed by atoms with E-state index in [2.05, 4.69) is 15.3 Å². The first-order valence-electron chi connectivity index (χ1n) is 9.15. The Hall–Kier alpha value is -3.77. The van der Waals surface area contributed by atoms with Gasteiger partial charge in [-0.3, -0.25) is 19.8 Å². The van der Waals surface area contributed by atoms with Crippen LogP contribution in [-0.4, -0.2) is 57.4 Å². The van der Waals surface area contributed by atoms with Crippen molar-refractivity contribution in [2.45, 2.75) is 12.8 Å². The number of anilines is 1. The molecule has 0 aliphatic heterocycles. The fraction of sp³-hybridized carbons (Fsp3) is 0.211. The normalized spacial score (nSPS) is 10.8. The van der Waals surface area contributed by atoms with E-state index in [0.29, 0.717) is 40.8 Å². The van der Waals surface area contributed by atoms with Crippen LogP contribution in [0.3, 0.4) is 0 Å². The van der Waals surface area contributed by atoms with Crippen LogP contribution in [0.2, 0.25) is 0 Å². The molecule has 3 rings (SSSR count). The number of rotatable bonds is 7. The minimum atomic E-state index is -1.09. The zero-order valence-corrected chi connectivity index (χ0v) is 17.3. The molecule has 162 valence electrons. The van der Waals surface area contributed by atoms with Crippen LogP contribution in [0.15, 0.2) is 23.6 Å².